The summed E-state index contributed by atoms with van der Waals surface area (Å²) >= 11 is 6.25. The first kappa shape index (κ1) is 15.5. The number of ether oxygens (including phenoxy) is 2. The minimum atomic E-state index is -0.0995. The van der Waals surface area contributed by atoms with Crippen molar-refractivity contribution < 1.29 is 14.3 Å². The molecule has 22 heavy (non-hydrogen) atoms. The molecule has 120 valence electrons. The molecule has 5 heteroatoms. The van der Waals surface area contributed by atoms with Crippen molar-refractivity contribution in [2.45, 2.75) is 45.6 Å². The lowest BCUT2D eigenvalue weighted by atomic mass is 9.87. The van der Waals surface area contributed by atoms with Crippen LogP contribution in [0.1, 0.15) is 49.9 Å². The molecule has 2 aliphatic rings. The normalized spacial score (nSPS) is 23.0. The Morgan fingerprint density at radius 1 is 1.27 bits per heavy atom. The summed E-state index contributed by atoms with van der Waals surface area (Å²) in [7, 11) is 0. The van der Waals surface area contributed by atoms with Gasteiger partial charge in [0.05, 0.1) is 18.2 Å². The van der Waals surface area contributed by atoms with Gasteiger partial charge in [-0.1, -0.05) is 31.9 Å². The molecule has 4 nitrogen and oxygen atoms in total. The Labute approximate surface area is 136 Å². The maximum atomic E-state index is 12.5. The lowest BCUT2D eigenvalue weighted by molar-refractivity contribution is 0.0909. The average Bonchev–Trinajstić information content (AvgIpc) is 2.67. The first-order chi connectivity index (χ1) is 10.5. The topological polar surface area (TPSA) is 47.6 Å². The lowest BCUT2D eigenvalue weighted by Gasteiger charge is -2.28. The third-order valence-corrected chi connectivity index (χ3v) is 4.91. The van der Waals surface area contributed by atoms with Crippen molar-refractivity contribution in [2.75, 3.05) is 13.2 Å². The molecule has 1 fully saturated rings. The molecule has 1 aromatic carbocycles. The fourth-order valence-corrected chi connectivity index (χ4v) is 3.46. The van der Waals surface area contributed by atoms with Gasteiger partial charge in [0.25, 0.3) is 5.91 Å². The lowest BCUT2D eigenvalue weighted by Crippen LogP contribution is -2.41. The Bertz CT molecular complexity index is 586. The highest BCUT2D eigenvalue weighted by Gasteiger charge is 2.35. The van der Waals surface area contributed by atoms with E-state index in [9.17, 15) is 4.79 Å². The van der Waals surface area contributed by atoms with Crippen molar-refractivity contribution in [1.82, 2.24) is 5.32 Å². The van der Waals surface area contributed by atoms with Crippen molar-refractivity contribution in [3.05, 3.63) is 22.7 Å². The van der Waals surface area contributed by atoms with Crippen LogP contribution in [0.25, 0.3) is 0 Å². The van der Waals surface area contributed by atoms with Gasteiger partial charge in [0.1, 0.15) is 0 Å². The molecule has 1 saturated carbocycles. The zero-order valence-corrected chi connectivity index (χ0v) is 13.8. The van der Waals surface area contributed by atoms with E-state index in [4.69, 9.17) is 21.1 Å². The highest BCUT2D eigenvalue weighted by molar-refractivity contribution is 6.32. The number of benzene rings is 1. The van der Waals surface area contributed by atoms with Gasteiger partial charge in [-0.2, -0.15) is 0 Å². The molecular weight excluding hydrogens is 302 g/mol. The first-order valence-electron chi connectivity index (χ1n) is 7.87. The minimum Gasteiger partial charge on any atom is -0.489 e. The van der Waals surface area contributed by atoms with E-state index in [1.54, 1.807) is 12.1 Å². The van der Waals surface area contributed by atoms with Gasteiger partial charge in [-0.15, -0.1) is 0 Å². The number of amides is 1. The molecule has 1 aliphatic carbocycles. The summed E-state index contributed by atoms with van der Waals surface area (Å²) in [6.07, 6.45) is 4.12. The van der Waals surface area contributed by atoms with Crippen LogP contribution in [0.5, 0.6) is 11.5 Å². The molecule has 0 saturated heterocycles. The first-order valence-corrected chi connectivity index (χ1v) is 8.25. The Kier molecular flexibility index (Phi) is 4.22. The van der Waals surface area contributed by atoms with Gasteiger partial charge in [0, 0.05) is 18.0 Å². The van der Waals surface area contributed by atoms with Crippen molar-refractivity contribution in [3.63, 3.8) is 0 Å². The van der Waals surface area contributed by atoms with Crippen molar-refractivity contribution in [3.8, 4) is 11.5 Å². The van der Waals surface area contributed by atoms with Gasteiger partial charge in [-0.05, 0) is 30.4 Å². The van der Waals surface area contributed by atoms with Crippen LogP contribution in [-0.4, -0.2) is 25.2 Å². The molecule has 1 N–H and O–H groups in total. The molecule has 1 heterocycles. The highest BCUT2D eigenvalue weighted by Crippen LogP contribution is 2.39. The number of fused-ring (bicyclic) bond motifs is 1. The molecule has 1 aromatic rings. The summed E-state index contributed by atoms with van der Waals surface area (Å²) < 4.78 is 11.2. The standard InChI is InChI=1S/C17H22ClNO3/c1-17(2)6-3-5-14(17)19-16(20)11-9-12(18)15-13(10-11)21-7-4-8-22-15/h9-10,14H,3-8H2,1-2H3,(H,19,20)/t14-/m1/s1. The minimum absolute atomic E-state index is 0.0995. The SMILES string of the molecule is CC1(C)CCC[C@H]1NC(=O)c1cc(Cl)c2c(c1)OCCCO2. The van der Waals surface area contributed by atoms with Crippen LogP contribution in [0, 0.1) is 5.41 Å². The smallest absolute Gasteiger partial charge is 0.251 e. The van der Waals surface area contributed by atoms with Crippen molar-refractivity contribution in [1.29, 1.82) is 0 Å². The number of carbonyl (C=O) groups excluding carboxylic acids is 1. The monoisotopic (exact) mass is 323 g/mol. The van der Waals surface area contributed by atoms with E-state index < -0.39 is 0 Å². The van der Waals surface area contributed by atoms with Gasteiger partial charge in [0.15, 0.2) is 11.5 Å². The van der Waals surface area contributed by atoms with Crippen molar-refractivity contribution >= 4 is 17.5 Å². The predicted molar refractivity (Wildman–Crippen MR) is 85.9 cm³/mol. The summed E-state index contributed by atoms with van der Waals surface area (Å²) in [5, 5.41) is 3.57. The second-order valence-electron chi connectivity index (χ2n) is 6.74. The van der Waals surface area contributed by atoms with Gasteiger partial charge >= 0.3 is 0 Å². The molecule has 1 amide bonds. The fraction of sp³-hybridized carbons (Fsp3) is 0.588. The molecule has 0 aromatic heterocycles. The molecule has 0 unspecified atom stereocenters. The van der Waals surface area contributed by atoms with Crippen LogP contribution in [-0.2, 0) is 0 Å². The quantitative estimate of drug-likeness (QED) is 0.900. The third-order valence-electron chi connectivity index (χ3n) is 4.63. The molecule has 0 bridgehead atoms. The van der Waals surface area contributed by atoms with Crippen LogP contribution in [0.4, 0.5) is 0 Å². The van der Waals surface area contributed by atoms with Gasteiger partial charge < -0.3 is 14.8 Å². The second-order valence-corrected chi connectivity index (χ2v) is 7.15. The zero-order chi connectivity index (χ0) is 15.7. The molecule has 1 atom stereocenters. The second kappa shape index (κ2) is 5.99. The molecule has 0 spiro atoms. The van der Waals surface area contributed by atoms with Crippen LogP contribution in [0.2, 0.25) is 5.02 Å². The summed E-state index contributed by atoms with van der Waals surface area (Å²) in [5.74, 6) is 0.996. The number of halogens is 1. The van der Waals surface area contributed by atoms with E-state index in [0.29, 0.717) is 35.3 Å². The van der Waals surface area contributed by atoms with E-state index >= 15 is 0 Å². The predicted octanol–water partition coefficient (Wildman–Crippen LogP) is 3.81. The van der Waals surface area contributed by atoms with E-state index in [0.717, 1.165) is 25.7 Å². The zero-order valence-electron chi connectivity index (χ0n) is 13.1. The van der Waals surface area contributed by atoms with Crippen LogP contribution in [0.15, 0.2) is 12.1 Å². The maximum Gasteiger partial charge on any atom is 0.251 e. The summed E-state index contributed by atoms with van der Waals surface area (Å²) in [4.78, 5) is 12.5. The van der Waals surface area contributed by atoms with Gasteiger partial charge in [0.2, 0.25) is 0 Å². The summed E-state index contributed by atoms with van der Waals surface area (Å²) in [6, 6.07) is 3.59. The molecule has 3 rings (SSSR count). The number of nitrogens with one attached hydrogen (secondary N) is 1. The summed E-state index contributed by atoms with van der Waals surface area (Å²) in [5.41, 5.74) is 0.669. The third kappa shape index (κ3) is 3.02. The Morgan fingerprint density at radius 2 is 2.05 bits per heavy atom. The number of hydrogen-bond acceptors (Lipinski definition) is 3. The van der Waals surface area contributed by atoms with E-state index in [-0.39, 0.29) is 17.4 Å². The Balaban J connectivity index is 1.81. The Hall–Kier alpha value is -1.42. The van der Waals surface area contributed by atoms with Crippen molar-refractivity contribution in [2.24, 2.45) is 5.41 Å². The van der Waals surface area contributed by atoms with E-state index in [1.807, 2.05) is 0 Å². The van der Waals surface area contributed by atoms with Crippen LogP contribution >= 0.6 is 11.6 Å². The Morgan fingerprint density at radius 3 is 2.77 bits per heavy atom. The summed E-state index contributed by atoms with van der Waals surface area (Å²) in [6.45, 7) is 5.55. The van der Waals surface area contributed by atoms with E-state index in [1.165, 1.54) is 0 Å². The molecule has 0 radical (unpaired) electrons. The van der Waals surface area contributed by atoms with Crippen LogP contribution < -0.4 is 14.8 Å². The molecular formula is C17H22ClNO3. The van der Waals surface area contributed by atoms with Gasteiger partial charge in [-0.25, -0.2) is 0 Å². The number of rotatable bonds is 2. The fourth-order valence-electron chi connectivity index (χ4n) is 3.20. The largest absolute Gasteiger partial charge is 0.489 e. The average molecular weight is 324 g/mol. The highest BCUT2D eigenvalue weighted by atomic mass is 35.5. The molecule has 1 aliphatic heterocycles. The van der Waals surface area contributed by atoms with Gasteiger partial charge in [-0.3, -0.25) is 4.79 Å². The van der Waals surface area contributed by atoms with E-state index in [2.05, 4.69) is 19.2 Å². The number of carbonyl (C=O) groups is 1. The van der Waals surface area contributed by atoms with Crippen LogP contribution in [0.3, 0.4) is 0 Å². The maximum absolute atomic E-state index is 12.5. The number of hydrogen-bond donors (Lipinski definition) is 1.